The molecule has 0 bridgehead atoms. The molecule has 0 radical (unpaired) electrons. The van der Waals surface area contributed by atoms with Gasteiger partial charge in [-0.2, -0.15) is 0 Å². The summed E-state index contributed by atoms with van der Waals surface area (Å²) in [6.07, 6.45) is -3.11. The summed E-state index contributed by atoms with van der Waals surface area (Å²) >= 11 is 0. The molecular weight excluding hydrogens is 440 g/mol. The number of ether oxygens (including phenoxy) is 4. The number of hydrogen-bond donors (Lipinski definition) is 5. The first-order valence-corrected chi connectivity index (χ1v) is 10.5. The maximum absolute atomic E-state index is 12.4. The predicted octanol–water partition coefficient (Wildman–Crippen LogP) is -0.134. The van der Waals surface area contributed by atoms with Crippen LogP contribution in [0.1, 0.15) is 25.3 Å². The van der Waals surface area contributed by atoms with Crippen LogP contribution in [0.2, 0.25) is 0 Å². The van der Waals surface area contributed by atoms with E-state index in [0.717, 1.165) is 6.08 Å². The molecule has 11 nitrogen and oxygen atoms in total. The standard InChI is InChI=1S/C22H30O11/c1-2-30-7-8-31-9-10-32-21(28)22(29)12-17(25)20(27)18(13-22)33-19(26)6-4-14-3-5-15(23)16(24)11-14/h3-6,11,17-18,20,23-25,27,29H,2,7-10,12-13H2,1H3/b6-4+. The minimum atomic E-state index is -2.17. The quantitative estimate of drug-likeness (QED) is 0.126. The van der Waals surface area contributed by atoms with Gasteiger partial charge in [0.15, 0.2) is 17.1 Å². The number of aliphatic hydroxyl groups excluding tert-OH is 2. The average molecular weight is 470 g/mol. The van der Waals surface area contributed by atoms with Crippen LogP contribution in [0.3, 0.4) is 0 Å². The summed E-state index contributed by atoms with van der Waals surface area (Å²) in [5.74, 6) is -2.64. The molecule has 0 spiro atoms. The van der Waals surface area contributed by atoms with Gasteiger partial charge in [0, 0.05) is 25.5 Å². The van der Waals surface area contributed by atoms with Crippen LogP contribution < -0.4 is 0 Å². The Labute approximate surface area is 190 Å². The molecule has 1 fully saturated rings. The van der Waals surface area contributed by atoms with Gasteiger partial charge in [-0.25, -0.2) is 9.59 Å². The number of esters is 2. The molecule has 0 heterocycles. The van der Waals surface area contributed by atoms with Gasteiger partial charge < -0.3 is 44.5 Å². The highest BCUT2D eigenvalue weighted by Gasteiger charge is 2.51. The molecule has 0 saturated heterocycles. The van der Waals surface area contributed by atoms with E-state index >= 15 is 0 Å². The first kappa shape index (κ1) is 26.6. The number of carbonyl (C=O) groups is 2. The molecule has 4 atom stereocenters. The van der Waals surface area contributed by atoms with Crippen molar-refractivity contribution in [3.8, 4) is 11.5 Å². The Bertz CT molecular complexity index is 825. The average Bonchev–Trinajstić information content (AvgIpc) is 2.77. The number of rotatable bonds is 11. The Morgan fingerprint density at radius 1 is 1.06 bits per heavy atom. The van der Waals surface area contributed by atoms with Gasteiger partial charge >= 0.3 is 11.9 Å². The molecule has 1 aromatic rings. The Kier molecular flexibility index (Phi) is 10.1. The second kappa shape index (κ2) is 12.5. The normalized spacial score (nSPS) is 25.2. The van der Waals surface area contributed by atoms with Crippen LogP contribution in [-0.4, -0.2) is 94.4 Å². The van der Waals surface area contributed by atoms with Crippen LogP contribution in [0.4, 0.5) is 0 Å². The van der Waals surface area contributed by atoms with Crippen LogP contribution in [0.5, 0.6) is 11.5 Å². The molecule has 1 aliphatic carbocycles. The van der Waals surface area contributed by atoms with Gasteiger partial charge in [0.1, 0.15) is 18.8 Å². The fraction of sp³-hybridized carbons (Fsp3) is 0.545. The number of phenols is 2. The molecule has 11 heteroatoms. The maximum Gasteiger partial charge on any atom is 0.338 e. The highest BCUT2D eigenvalue weighted by atomic mass is 16.6. The lowest BCUT2D eigenvalue weighted by Crippen LogP contribution is -2.57. The largest absolute Gasteiger partial charge is 0.504 e. The fourth-order valence-corrected chi connectivity index (χ4v) is 3.22. The van der Waals surface area contributed by atoms with Gasteiger partial charge in [0.05, 0.1) is 25.9 Å². The van der Waals surface area contributed by atoms with Crippen LogP contribution in [0, 0.1) is 0 Å². The number of aliphatic hydroxyl groups is 3. The molecule has 2 rings (SSSR count). The van der Waals surface area contributed by atoms with Crippen molar-refractivity contribution in [2.45, 2.75) is 43.7 Å². The molecule has 5 N–H and O–H groups in total. The summed E-state index contributed by atoms with van der Waals surface area (Å²) in [4.78, 5) is 24.5. The lowest BCUT2D eigenvalue weighted by atomic mass is 9.79. The van der Waals surface area contributed by atoms with E-state index in [-0.39, 0.29) is 24.7 Å². The van der Waals surface area contributed by atoms with Crippen molar-refractivity contribution in [1.29, 1.82) is 0 Å². The van der Waals surface area contributed by atoms with Crippen molar-refractivity contribution in [2.75, 3.05) is 33.0 Å². The zero-order valence-corrected chi connectivity index (χ0v) is 18.3. The van der Waals surface area contributed by atoms with E-state index in [4.69, 9.17) is 18.9 Å². The minimum absolute atomic E-state index is 0.0795. The molecular formula is C22H30O11. The Morgan fingerprint density at radius 3 is 2.45 bits per heavy atom. The van der Waals surface area contributed by atoms with Crippen molar-refractivity contribution in [3.63, 3.8) is 0 Å². The van der Waals surface area contributed by atoms with Crippen molar-refractivity contribution in [3.05, 3.63) is 29.8 Å². The van der Waals surface area contributed by atoms with Gasteiger partial charge in [0.25, 0.3) is 0 Å². The van der Waals surface area contributed by atoms with Crippen molar-refractivity contribution < 1.29 is 54.1 Å². The summed E-state index contributed by atoms with van der Waals surface area (Å²) < 4.78 is 20.4. The molecule has 1 saturated carbocycles. The van der Waals surface area contributed by atoms with Gasteiger partial charge in [-0.05, 0) is 30.7 Å². The summed E-state index contributed by atoms with van der Waals surface area (Å²) in [6.45, 7) is 3.06. The van der Waals surface area contributed by atoms with Gasteiger partial charge in [-0.1, -0.05) is 6.07 Å². The highest BCUT2D eigenvalue weighted by Crippen LogP contribution is 2.32. The molecule has 4 unspecified atom stereocenters. The Balaban J connectivity index is 1.90. The van der Waals surface area contributed by atoms with Crippen LogP contribution >= 0.6 is 0 Å². The predicted molar refractivity (Wildman–Crippen MR) is 113 cm³/mol. The van der Waals surface area contributed by atoms with E-state index in [1.165, 1.54) is 24.3 Å². The third kappa shape index (κ3) is 7.98. The van der Waals surface area contributed by atoms with E-state index in [0.29, 0.717) is 25.4 Å². The topological polar surface area (TPSA) is 172 Å². The third-order valence-corrected chi connectivity index (χ3v) is 4.96. The molecule has 1 aromatic carbocycles. The van der Waals surface area contributed by atoms with Crippen LogP contribution in [0.15, 0.2) is 24.3 Å². The van der Waals surface area contributed by atoms with E-state index in [2.05, 4.69) is 0 Å². The molecule has 33 heavy (non-hydrogen) atoms. The summed E-state index contributed by atoms with van der Waals surface area (Å²) in [5, 5.41) is 49.7. The fourth-order valence-electron chi connectivity index (χ4n) is 3.22. The number of phenolic OH excluding ortho intramolecular Hbond substituents is 2. The number of carbonyl (C=O) groups excluding carboxylic acids is 2. The van der Waals surface area contributed by atoms with Crippen LogP contribution in [-0.2, 0) is 28.5 Å². The molecule has 184 valence electrons. The second-order valence-corrected chi connectivity index (χ2v) is 7.50. The Hall–Kier alpha value is -2.70. The lowest BCUT2D eigenvalue weighted by molar-refractivity contribution is -0.200. The van der Waals surface area contributed by atoms with Gasteiger partial charge in [0.2, 0.25) is 0 Å². The van der Waals surface area contributed by atoms with Crippen molar-refractivity contribution in [2.24, 2.45) is 0 Å². The maximum atomic E-state index is 12.4. The minimum Gasteiger partial charge on any atom is -0.504 e. The zero-order chi connectivity index (χ0) is 24.4. The van der Waals surface area contributed by atoms with E-state index in [9.17, 15) is 35.1 Å². The molecule has 0 aromatic heterocycles. The molecule has 0 aliphatic heterocycles. The second-order valence-electron chi connectivity index (χ2n) is 7.50. The summed E-state index contributed by atoms with van der Waals surface area (Å²) in [5.41, 5.74) is -1.78. The van der Waals surface area contributed by atoms with E-state index in [1.54, 1.807) is 0 Å². The Morgan fingerprint density at radius 2 is 1.76 bits per heavy atom. The number of benzene rings is 1. The first-order chi connectivity index (χ1) is 15.7. The first-order valence-electron chi connectivity index (χ1n) is 10.5. The van der Waals surface area contributed by atoms with Gasteiger partial charge in [-0.15, -0.1) is 0 Å². The molecule has 1 aliphatic rings. The van der Waals surface area contributed by atoms with Gasteiger partial charge in [-0.3, -0.25) is 0 Å². The van der Waals surface area contributed by atoms with Crippen molar-refractivity contribution in [1.82, 2.24) is 0 Å². The smallest absolute Gasteiger partial charge is 0.338 e. The molecule has 0 amide bonds. The lowest BCUT2D eigenvalue weighted by Gasteiger charge is -2.39. The number of aromatic hydroxyl groups is 2. The summed E-state index contributed by atoms with van der Waals surface area (Å²) in [6, 6.07) is 3.89. The SMILES string of the molecule is CCOCCOCCOC(=O)C1(O)CC(O)C(O)C(OC(=O)/C=C/c2ccc(O)c(O)c2)C1. The third-order valence-electron chi connectivity index (χ3n) is 4.96. The number of hydrogen-bond acceptors (Lipinski definition) is 11. The zero-order valence-electron chi connectivity index (χ0n) is 18.3. The van der Waals surface area contributed by atoms with E-state index < -0.39 is 48.7 Å². The summed E-state index contributed by atoms with van der Waals surface area (Å²) in [7, 11) is 0. The van der Waals surface area contributed by atoms with E-state index in [1.807, 2.05) is 6.92 Å². The van der Waals surface area contributed by atoms with Crippen LogP contribution in [0.25, 0.3) is 6.08 Å². The monoisotopic (exact) mass is 470 g/mol. The van der Waals surface area contributed by atoms with Crippen molar-refractivity contribution >= 4 is 18.0 Å². The highest BCUT2D eigenvalue weighted by molar-refractivity contribution is 5.87.